The third kappa shape index (κ3) is 4.86. The molecular formula is C16H16F5N3O3. The molecule has 27 heavy (non-hydrogen) atoms. The Morgan fingerprint density at radius 2 is 1.89 bits per heavy atom. The van der Waals surface area contributed by atoms with Crippen molar-refractivity contribution in [3.05, 3.63) is 35.7 Å². The van der Waals surface area contributed by atoms with Gasteiger partial charge in [-0.1, -0.05) is 0 Å². The lowest BCUT2D eigenvalue weighted by Gasteiger charge is -2.16. The van der Waals surface area contributed by atoms with Crippen molar-refractivity contribution in [3.63, 3.8) is 0 Å². The Kier molecular flexibility index (Phi) is 5.91. The summed E-state index contributed by atoms with van der Waals surface area (Å²) >= 11 is 0. The lowest BCUT2D eigenvalue weighted by atomic mass is 10.2. The standard InChI is InChI=1S/C16H16F5N3O3/c1-8-6-13(16(19,20)21)23-24(8)9(2)14(25)22-10-4-5-11(27-15(17)18)12(7-10)26-3/h4-7,9,15H,1-3H3,(H,22,25). The molecule has 148 valence electrons. The molecule has 1 unspecified atom stereocenters. The molecule has 1 aromatic carbocycles. The lowest BCUT2D eigenvalue weighted by Crippen LogP contribution is -2.25. The Morgan fingerprint density at radius 3 is 2.41 bits per heavy atom. The average molecular weight is 393 g/mol. The molecule has 2 rings (SSSR count). The third-order valence-electron chi connectivity index (χ3n) is 3.61. The van der Waals surface area contributed by atoms with Crippen molar-refractivity contribution < 1.29 is 36.2 Å². The first kappa shape index (κ1) is 20.5. The molecule has 0 aliphatic carbocycles. The molecule has 0 saturated carbocycles. The van der Waals surface area contributed by atoms with E-state index in [1.807, 2.05) is 0 Å². The summed E-state index contributed by atoms with van der Waals surface area (Å²) < 4.78 is 73.0. The molecule has 0 spiro atoms. The van der Waals surface area contributed by atoms with Gasteiger partial charge in [-0.05, 0) is 32.0 Å². The highest BCUT2D eigenvalue weighted by Gasteiger charge is 2.35. The Morgan fingerprint density at radius 1 is 1.22 bits per heavy atom. The van der Waals surface area contributed by atoms with E-state index >= 15 is 0 Å². The van der Waals surface area contributed by atoms with Crippen molar-refractivity contribution in [3.8, 4) is 11.5 Å². The van der Waals surface area contributed by atoms with Gasteiger partial charge in [0.25, 0.3) is 0 Å². The Bertz CT molecular complexity index is 820. The van der Waals surface area contributed by atoms with Gasteiger partial charge in [-0.2, -0.15) is 27.1 Å². The molecule has 0 saturated heterocycles. The van der Waals surface area contributed by atoms with Gasteiger partial charge in [0.05, 0.1) is 7.11 Å². The van der Waals surface area contributed by atoms with E-state index in [9.17, 15) is 26.7 Å². The number of carbonyl (C=O) groups is 1. The predicted octanol–water partition coefficient (Wildman–Crippen LogP) is 4.02. The minimum Gasteiger partial charge on any atom is -0.493 e. The van der Waals surface area contributed by atoms with Crippen LogP contribution in [-0.4, -0.2) is 29.4 Å². The lowest BCUT2D eigenvalue weighted by molar-refractivity contribution is -0.141. The Hall–Kier alpha value is -2.85. The van der Waals surface area contributed by atoms with Gasteiger partial charge < -0.3 is 14.8 Å². The van der Waals surface area contributed by atoms with Crippen LogP contribution in [0.5, 0.6) is 11.5 Å². The topological polar surface area (TPSA) is 65.4 Å². The number of aromatic nitrogens is 2. The summed E-state index contributed by atoms with van der Waals surface area (Å²) in [6.45, 7) is -0.281. The van der Waals surface area contributed by atoms with Crippen LogP contribution >= 0.6 is 0 Å². The second-order valence-corrected chi connectivity index (χ2v) is 5.52. The average Bonchev–Trinajstić information content (AvgIpc) is 2.97. The summed E-state index contributed by atoms with van der Waals surface area (Å²) in [6.07, 6.45) is -4.62. The molecule has 1 heterocycles. The second kappa shape index (κ2) is 7.80. The fourth-order valence-corrected chi connectivity index (χ4v) is 2.31. The van der Waals surface area contributed by atoms with E-state index < -0.39 is 30.4 Å². The van der Waals surface area contributed by atoms with Crippen molar-refractivity contribution in [1.82, 2.24) is 9.78 Å². The number of rotatable bonds is 6. The van der Waals surface area contributed by atoms with E-state index in [4.69, 9.17) is 4.74 Å². The van der Waals surface area contributed by atoms with Gasteiger partial charge in [0.1, 0.15) is 6.04 Å². The first-order valence-corrected chi connectivity index (χ1v) is 7.60. The monoisotopic (exact) mass is 393 g/mol. The first-order chi connectivity index (χ1) is 12.5. The van der Waals surface area contributed by atoms with Crippen molar-refractivity contribution in [2.45, 2.75) is 32.7 Å². The maximum atomic E-state index is 12.7. The van der Waals surface area contributed by atoms with Crippen molar-refractivity contribution in [2.24, 2.45) is 0 Å². The fraction of sp³-hybridized carbons (Fsp3) is 0.375. The van der Waals surface area contributed by atoms with Crippen molar-refractivity contribution in [2.75, 3.05) is 12.4 Å². The van der Waals surface area contributed by atoms with Gasteiger partial charge in [-0.15, -0.1) is 0 Å². The van der Waals surface area contributed by atoms with Gasteiger partial charge in [-0.3, -0.25) is 9.48 Å². The number of halogens is 5. The summed E-state index contributed by atoms with van der Waals surface area (Å²) in [4.78, 5) is 12.3. The maximum Gasteiger partial charge on any atom is 0.435 e. The van der Waals surface area contributed by atoms with Crippen LogP contribution in [-0.2, 0) is 11.0 Å². The number of aryl methyl sites for hydroxylation is 1. The zero-order valence-electron chi connectivity index (χ0n) is 14.5. The van der Waals surface area contributed by atoms with Crippen LogP contribution in [0.3, 0.4) is 0 Å². The SMILES string of the molecule is COc1cc(NC(=O)C(C)n2nc(C(F)(F)F)cc2C)ccc1OC(F)F. The van der Waals surface area contributed by atoms with Crippen molar-refractivity contribution in [1.29, 1.82) is 0 Å². The molecule has 1 N–H and O–H groups in total. The summed E-state index contributed by atoms with van der Waals surface area (Å²) in [5, 5.41) is 5.89. The second-order valence-electron chi connectivity index (χ2n) is 5.52. The van der Waals surface area contributed by atoms with Crippen LogP contribution < -0.4 is 14.8 Å². The van der Waals surface area contributed by atoms with E-state index in [2.05, 4.69) is 15.2 Å². The van der Waals surface area contributed by atoms with E-state index in [0.717, 1.165) is 10.7 Å². The molecule has 1 amide bonds. The number of alkyl halides is 5. The van der Waals surface area contributed by atoms with Gasteiger partial charge in [0, 0.05) is 17.4 Å². The number of hydrogen-bond acceptors (Lipinski definition) is 4. The minimum atomic E-state index is -4.62. The van der Waals surface area contributed by atoms with Crippen LogP contribution in [0.15, 0.2) is 24.3 Å². The summed E-state index contributed by atoms with van der Waals surface area (Å²) in [5.74, 6) is -0.925. The molecule has 11 heteroatoms. The van der Waals surface area contributed by atoms with Gasteiger partial charge in [-0.25, -0.2) is 0 Å². The van der Waals surface area contributed by atoms with Crippen LogP contribution in [0.1, 0.15) is 24.4 Å². The molecule has 0 aliphatic heterocycles. The molecule has 0 aliphatic rings. The van der Waals surface area contributed by atoms with Gasteiger partial charge in [0.2, 0.25) is 5.91 Å². The number of nitrogens with zero attached hydrogens (tertiary/aromatic N) is 2. The predicted molar refractivity (Wildman–Crippen MR) is 84.9 cm³/mol. The third-order valence-corrected chi connectivity index (χ3v) is 3.61. The molecular weight excluding hydrogens is 377 g/mol. The number of methoxy groups -OCH3 is 1. The molecule has 0 fully saturated rings. The smallest absolute Gasteiger partial charge is 0.435 e. The Labute approximate surface area is 150 Å². The quantitative estimate of drug-likeness (QED) is 0.753. The molecule has 0 radical (unpaired) electrons. The fourth-order valence-electron chi connectivity index (χ4n) is 2.31. The first-order valence-electron chi connectivity index (χ1n) is 7.60. The van der Waals surface area contributed by atoms with E-state index in [0.29, 0.717) is 0 Å². The normalized spacial score (nSPS) is 12.8. The zero-order valence-corrected chi connectivity index (χ0v) is 14.5. The maximum absolute atomic E-state index is 12.7. The number of ether oxygens (including phenoxy) is 2. The van der Waals surface area contributed by atoms with Crippen LogP contribution in [0.4, 0.5) is 27.6 Å². The van der Waals surface area contributed by atoms with Crippen LogP contribution in [0.25, 0.3) is 0 Å². The minimum absolute atomic E-state index is 0.0459. The van der Waals surface area contributed by atoms with Gasteiger partial charge >= 0.3 is 12.8 Å². The summed E-state index contributed by atoms with van der Waals surface area (Å²) in [6, 6.07) is 3.50. The van der Waals surface area contributed by atoms with Crippen LogP contribution in [0.2, 0.25) is 0 Å². The largest absolute Gasteiger partial charge is 0.493 e. The van der Waals surface area contributed by atoms with E-state index in [1.54, 1.807) is 0 Å². The number of carbonyl (C=O) groups excluding carboxylic acids is 1. The number of hydrogen-bond donors (Lipinski definition) is 1. The molecule has 1 aromatic heterocycles. The van der Waals surface area contributed by atoms with Crippen LogP contribution in [0, 0.1) is 6.92 Å². The highest BCUT2D eigenvalue weighted by molar-refractivity contribution is 5.93. The number of amides is 1. The molecule has 6 nitrogen and oxygen atoms in total. The highest BCUT2D eigenvalue weighted by Crippen LogP contribution is 2.32. The Balaban J connectivity index is 2.18. The molecule has 1 atom stereocenters. The zero-order chi connectivity index (χ0) is 20.4. The summed E-state index contributed by atoms with van der Waals surface area (Å²) in [5.41, 5.74) is -0.760. The van der Waals surface area contributed by atoms with Crippen molar-refractivity contribution >= 4 is 11.6 Å². The number of nitrogens with one attached hydrogen (secondary N) is 1. The van der Waals surface area contributed by atoms with E-state index in [-0.39, 0.29) is 22.9 Å². The van der Waals surface area contributed by atoms with Gasteiger partial charge in [0.15, 0.2) is 17.2 Å². The van der Waals surface area contributed by atoms with E-state index in [1.165, 1.54) is 39.2 Å². The number of anilines is 1. The molecule has 0 bridgehead atoms. The summed E-state index contributed by atoms with van der Waals surface area (Å²) in [7, 11) is 1.23. The molecule has 2 aromatic rings. The highest BCUT2D eigenvalue weighted by atomic mass is 19.4. The number of benzene rings is 1.